The molecule has 0 atom stereocenters. The maximum absolute atomic E-state index is 12.4. The van der Waals surface area contributed by atoms with Crippen LogP contribution in [0.5, 0.6) is 0 Å². The lowest BCUT2D eigenvalue weighted by Crippen LogP contribution is -2.28. The molecule has 142 valence electrons. The molecule has 0 fully saturated rings. The largest absolute Gasteiger partial charge is 0.354 e. The van der Waals surface area contributed by atoms with Crippen LogP contribution in [-0.4, -0.2) is 38.0 Å². The van der Waals surface area contributed by atoms with E-state index in [0.717, 1.165) is 35.0 Å². The Labute approximate surface area is 164 Å². The smallest absolute Gasteiger partial charge is 0.259 e. The molecule has 4 rings (SSSR count). The fourth-order valence-electron chi connectivity index (χ4n) is 3.31. The number of amides is 1. The Morgan fingerprint density at radius 3 is 3.15 bits per heavy atom. The van der Waals surface area contributed by atoms with Crippen LogP contribution in [0.2, 0.25) is 0 Å². The molecule has 1 aliphatic carbocycles. The number of carbonyl (C=O) groups excluding carboxylic acids is 1. The summed E-state index contributed by atoms with van der Waals surface area (Å²) in [7, 11) is 0. The van der Waals surface area contributed by atoms with Crippen molar-refractivity contribution in [1.29, 1.82) is 0 Å². The van der Waals surface area contributed by atoms with Gasteiger partial charge in [-0.05, 0) is 37.3 Å². The van der Waals surface area contributed by atoms with Gasteiger partial charge in [0, 0.05) is 17.6 Å². The van der Waals surface area contributed by atoms with Crippen molar-refractivity contribution in [2.24, 2.45) is 0 Å². The van der Waals surface area contributed by atoms with Gasteiger partial charge in [0.1, 0.15) is 10.7 Å². The zero-order chi connectivity index (χ0) is 18.8. The van der Waals surface area contributed by atoms with Crippen LogP contribution >= 0.6 is 23.1 Å². The maximum Gasteiger partial charge on any atom is 0.259 e. The summed E-state index contributed by atoms with van der Waals surface area (Å²) in [5.74, 6) is 1.46. The van der Waals surface area contributed by atoms with Gasteiger partial charge in [0.25, 0.3) is 5.56 Å². The summed E-state index contributed by atoms with van der Waals surface area (Å²) in [6.45, 7) is 3.18. The Kier molecular flexibility index (Phi) is 5.31. The van der Waals surface area contributed by atoms with Crippen LogP contribution in [0.3, 0.4) is 0 Å². The standard InChI is InChI=1S/C18H21N5O2S2/c1-11-7-20-23(8-11)6-5-19-15(24)10-26-9-14-21-17(25)16-12-3-2-4-13(12)27-18(16)22-14/h7-8H,2-6,9-10H2,1H3,(H,19,24)(H,21,22,25). The van der Waals surface area contributed by atoms with E-state index in [2.05, 4.69) is 20.4 Å². The lowest BCUT2D eigenvalue weighted by Gasteiger charge is -2.05. The lowest BCUT2D eigenvalue weighted by molar-refractivity contribution is -0.118. The van der Waals surface area contributed by atoms with Crippen LogP contribution in [0, 0.1) is 6.92 Å². The minimum absolute atomic E-state index is 0.0256. The van der Waals surface area contributed by atoms with Crippen molar-refractivity contribution in [3.05, 3.63) is 44.6 Å². The summed E-state index contributed by atoms with van der Waals surface area (Å²) >= 11 is 3.09. The van der Waals surface area contributed by atoms with Crippen LogP contribution < -0.4 is 10.9 Å². The van der Waals surface area contributed by atoms with Gasteiger partial charge in [-0.15, -0.1) is 23.1 Å². The van der Waals surface area contributed by atoms with E-state index in [1.165, 1.54) is 22.2 Å². The number of thioether (sulfide) groups is 1. The molecule has 0 saturated heterocycles. The number of carbonyl (C=O) groups is 1. The topological polar surface area (TPSA) is 92.7 Å². The third-order valence-corrected chi connectivity index (χ3v) is 6.65. The van der Waals surface area contributed by atoms with Crippen molar-refractivity contribution in [2.45, 2.75) is 38.5 Å². The zero-order valence-electron chi connectivity index (χ0n) is 15.1. The van der Waals surface area contributed by atoms with Crippen LogP contribution in [-0.2, 0) is 29.9 Å². The molecule has 3 aromatic heterocycles. The SMILES string of the molecule is Cc1cnn(CCNC(=O)CSCc2nc3sc4c(c3c(=O)[nH]2)CCC4)c1. The first-order valence-electron chi connectivity index (χ1n) is 8.97. The number of hydrogen-bond acceptors (Lipinski definition) is 6. The molecule has 0 saturated carbocycles. The molecule has 7 nitrogen and oxygen atoms in total. The second-order valence-corrected chi connectivity index (χ2v) is 8.74. The first kappa shape index (κ1) is 18.2. The third kappa shape index (κ3) is 4.08. The van der Waals surface area contributed by atoms with Gasteiger partial charge in [0.2, 0.25) is 5.91 Å². The predicted octanol–water partition coefficient (Wildman–Crippen LogP) is 2.03. The number of thiophene rings is 1. The van der Waals surface area contributed by atoms with Gasteiger partial charge in [0.05, 0.1) is 29.6 Å². The van der Waals surface area contributed by atoms with E-state index in [1.54, 1.807) is 17.5 Å². The zero-order valence-corrected chi connectivity index (χ0v) is 16.7. The Bertz CT molecular complexity index is 1040. The van der Waals surface area contributed by atoms with Crippen LogP contribution in [0.25, 0.3) is 10.2 Å². The molecule has 3 heterocycles. The summed E-state index contributed by atoms with van der Waals surface area (Å²) < 4.78 is 1.81. The molecular formula is C18H21N5O2S2. The van der Waals surface area contributed by atoms with Crippen molar-refractivity contribution in [1.82, 2.24) is 25.1 Å². The first-order valence-corrected chi connectivity index (χ1v) is 10.9. The van der Waals surface area contributed by atoms with E-state index >= 15 is 0 Å². The Morgan fingerprint density at radius 1 is 1.44 bits per heavy atom. The molecule has 0 aromatic carbocycles. The van der Waals surface area contributed by atoms with Gasteiger partial charge in [-0.3, -0.25) is 14.3 Å². The third-order valence-electron chi connectivity index (χ3n) is 4.52. The molecule has 27 heavy (non-hydrogen) atoms. The van der Waals surface area contributed by atoms with E-state index < -0.39 is 0 Å². The minimum atomic E-state index is -0.0473. The van der Waals surface area contributed by atoms with E-state index in [1.807, 2.05) is 17.8 Å². The van der Waals surface area contributed by atoms with Crippen molar-refractivity contribution >= 4 is 39.2 Å². The predicted molar refractivity (Wildman–Crippen MR) is 108 cm³/mol. The van der Waals surface area contributed by atoms with E-state index in [4.69, 9.17) is 0 Å². The van der Waals surface area contributed by atoms with Gasteiger partial charge in [0.15, 0.2) is 0 Å². The van der Waals surface area contributed by atoms with Crippen LogP contribution in [0.1, 0.15) is 28.2 Å². The summed E-state index contributed by atoms with van der Waals surface area (Å²) in [6, 6.07) is 0. The highest BCUT2D eigenvalue weighted by Gasteiger charge is 2.21. The van der Waals surface area contributed by atoms with Crippen molar-refractivity contribution in [3.63, 3.8) is 0 Å². The lowest BCUT2D eigenvalue weighted by atomic mass is 10.2. The maximum atomic E-state index is 12.4. The normalized spacial score (nSPS) is 13.2. The summed E-state index contributed by atoms with van der Waals surface area (Å²) in [5.41, 5.74) is 2.25. The molecular weight excluding hydrogens is 382 g/mol. The minimum Gasteiger partial charge on any atom is -0.354 e. The first-order chi connectivity index (χ1) is 13.1. The second kappa shape index (κ2) is 7.85. The van der Waals surface area contributed by atoms with E-state index in [0.29, 0.717) is 30.4 Å². The van der Waals surface area contributed by atoms with Crippen LogP contribution in [0.15, 0.2) is 17.2 Å². The van der Waals surface area contributed by atoms with Gasteiger partial charge < -0.3 is 10.3 Å². The number of nitrogens with zero attached hydrogens (tertiary/aromatic N) is 3. The van der Waals surface area contributed by atoms with E-state index in [-0.39, 0.29) is 11.5 Å². The summed E-state index contributed by atoms with van der Waals surface area (Å²) in [5, 5.41) is 7.84. The quantitative estimate of drug-likeness (QED) is 0.630. The monoisotopic (exact) mass is 403 g/mol. The van der Waals surface area contributed by atoms with E-state index in [9.17, 15) is 9.59 Å². The highest BCUT2D eigenvalue weighted by atomic mass is 32.2. The second-order valence-electron chi connectivity index (χ2n) is 6.67. The fraction of sp³-hybridized carbons (Fsp3) is 0.444. The highest BCUT2D eigenvalue weighted by molar-refractivity contribution is 7.99. The molecule has 1 amide bonds. The molecule has 3 aromatic rings. The number of aromatic nitrogens is 4. The molecule has 1 aliphatic rings. The number of aryl methyl sites for hydroxylation is 3. The summed E-state index contributed by atoms with van der Waals surface area (Å²) in [6.07, 6.45) is 6.90. The number of rotatable bonds is 7. The van der Waals surface area contributed by atoms with Gasteiger partial charge >= 0.3 is 0 Å². The molecule has 2 N–H and O–H groups in total. The Hall–Kier alpha value is -2.13. The number of H-pyrrole nitrogens is 1. The van der Waals surface area contributed by atoms with Gasteiger partial charge in [-0.1, -0.05) is 0 Å². The number of hydrogen-bond donors (Lipinski definition) is 2. The molecule has 0 unspecified atom stereocenters. The number of fused-ring (bicyclic) bond motifs is 3. The Balaban J connectivity index is 1.27. The molecule has 0 spiro atoms. The fourth-order valence-corrected chi connectivity index (χ4v) is 5.31. The van der Waals surface area contributed by atoms with Crippen molar-refractivity contribution in [3.8, 4) is 0 Å². The van der Waals surface area contributed by atoms with Crippen molar-refractivity contribution in [2.75, 3.05) is 12.3 Å². The average molecular weight is 404 g/mol. The molecule has 0 bridgehead atoms. The van der Waals surface area contributed by atoms with Crippen molar-refractivity contribution < 1.29 is 4.79 Å². The molecule has 0 radical (unpaired) electrons. The average Bonchev–Trinajstić information content (AvgIpc) is 3.30. The van der Waals surface area contributed by atoms with Gasteiger partial charge in [-0.2, -0.15) is 5.10 Å². The highest BCUT2D eigenvalue weighted by Crippen LogP contribution is 2.34. The molecule has 9 heteroatoms. The number of nitrogens with one attached hydrogen (secondary N) is 2. The van der Waals surface area contributed by atoms with Gasteiger partial charge in [-0.25, -0.2) is 4.98 Å². The number of aromatic amines is 1. The Morgan fingerprint density at radius 2 is 2.33 bits per heavy atom. The molecule has 0 aliphatic heterocycles. The van der Waals surface area contributed by atoms with Crippen LogP contribution in [0.4, 0.5) is 0 Å². The summed E-state index contributed by atoms with van der Waals surface area (Å²) in [4.78, 5) is 34.0.